The number of hydrogen-bond donors (Lipinski definition) is 1. The zero-order valence-electron chi connectivity index (χ0n) is 17.3. The van der Waals surface area contributed by atoms with E-state index in [9.17, 15) is 17.6 Å². The molecule has 7 nitrogen and oxygen atoms in total. The number of amides is 1. The van der Waals surface area contributed by atoms with Crippen molar-refractivity contribution in [2.45, 2.75) is 31.9 Å². The summed E-state index contributed by atoms with van der Waals surface area (Å²) < 4.78 is 49.9. The predicted molar refractivity (Wildman–Crippen MR) is 112 cm³/mol. The molecule has 0 aromatic heterocycles. The Morgan fingerprint density at radius 2 is 1.93 bits per heavy atom. The molecule has 162 valence electrons. The minimum absolute atomic E-state index is 0.212. The Morgan fingerprint density at radius 3 is 2.53 bits per heavy atom. The van der Waals surface area contributed by atoms with E-state index in [2.05, 4.69) is 5.32 Å². The molecule has 0 saturated heterocycles. The van der Waals surface area contributed by atoms with Crippen molar-refractivity contribution in [3.63, 3.8) is 0 Å². The molecule has 9 heteroatoms. The molecule has 0 bridgehead atoms. The number of ether oxygens (including phenoxy) is 2. The van der Waals surface area contributed by atoms with Crippen LogP contribution in [0.4, 0.5) is 10.1 Å². The minimum atomic E-state index is -3.76. The molecule has 0 saturated carbocycles. The van der Waals surface area contributed by atoms with Crippen molar-refractivity contribution >= 4 is 21.6 Å². The normalized spacial score (nSPS) is 17.4. The fourth-order valence-electron chi connectivity index (χ4n) is 3.47. The Labute approximate surface area is 175 Å². The lowest BCUT2D eigenvalue weighted by atomic mass is 9.89. The zero-order chi connectivity index (χ0) is 22.1. The second kappa shape index (κ2) is 8.14. The van der Waals surface area contributed by atoms with Crippen LogP contribution in [0.2, 0.25) is 0 Å². The minimum Gasteiger partial charge on any atom is -0.497 e. The average molecular weight is 437 g/mol. The SMILES string of the molecule is COc1ccc2c(c1)[C@H](NC(=O)CN(c1ccc(F)cc1)S(C)(=O)=O)CC(C)(C)O2. The van der Waals surface area contributed by atoms with Gasteiger partial charge in [0.2, 0.25) is 15.9 Å². The smallest absolute Gasteiger partial charge is 0.241 e. The number of carbonyl (C=O) groups excluding carboxylic acids is 1. The van der Waals surface area contributed by atoms with Crippen LogP contribution in [0, 0.1) is 5.82 Å². The van der Waals surface area contributed by atoms with Crippen molar-refractivity contribution in [1.82, 2.24) is 5.32 Å². The third-order valence-corrected chi connectivity index (χ3v) is 5.95. The van der Waals surface area contributed by atoms with Crippen LogP contribution < -0.4 is 19.1 Å². The fraction of sp³-hybridized carbons (Fsp3) is 0.381. The number of halogens is 1. The molecule has 1 aliphatic heterocycles. The maximum absolute atomic E-state index is 13.2. The summed E-state index contributed by atoms with van der Waals surface area (Å²) in [4.78, 5) is 12.8. The van der Waals surface area contributed by atoms with E-state index in [0.29, 0.717) is 17.9 Å². The van der Waals surface area contributed by atoms with E-state index in [1.54, 1.807) is 25.3 Å². The molecule has 0 radical (unpaired) electrons. The van der Waals surface area contributed by atoms with Gasteiger partial charge in [-0.15, -0.1) is 0 Å². The summed E-state index contributed by atoms with van der Waals surface area (Å²) in [5.74, 6) is 0.282. The van der Waals surface area contributed by atoms with Gasteiger partial charge in [0.15, 0.2) is 0 Å². The lowest BCUT2D eigenvalue weighted by molar-refractivity contribution is -0.120. The summed E-state index contributed by atoms with van der Waals surface area (Å²) >= 11 is 0. The van der Waals surface area contributed by atoms with Gasteiger partial charge in [-0.1, -0.05) is 0 Å². The molecule has 1 N–H and O–H groups in total. The highest BCUT2D eigenvalue weighted by Gasteiger charge is 2.35. The number of benzene rings is 2. The summed E-state index contributed by atoms with van der Waals surface area (Å²) in [6.45, 7) is 3.41. The quantitative estimate of drug-likeness (QED) is 0.753. The van der Waals surface area contributed by atoms with E-state index in [1.165, 1.54) is 12.1 Å². The number of methoxy groups -OCH3 is 1. The number of rotatable bonds is 6. The van der Waals surface area contributed by atoms with Crippen molar-refractivity contribution in [2.75, 3.05) is 24.2 Å². The first-order valence-corrected chi connectivity index (χ1v) is 11.2. The number of nitrogens with one attached hydrogen (secondary N) is 1. The first-order chi connectivity index (χ1) is 14.0. The molecular weight excluding hydrogens is 411 g/mol. The molecule has 2 aromatic carbocycles. The van der Waals surface area contributed by atoms with Crippen LogP contribution in [0.25, 0.3) is 0 Å². The van der Waals surface area contributed by atoms with E-state index >= 15 is 0 Å². The number of nitrogens with zero attached hydrogens (tertiary/aromatic N) is 1. The molecule has 0 spiro atoms. The van der Waals surface area contributed by atoms with Crippen LogP contribution in [0.3, 0.4) is 0 Å². The third-order valence-electron chi connectivity index (χ3n) is 4.81. The standard InChI is InChI=1S/C21H25FN2O5S/c1-21(2)12-18(17-11-16(28-3)9-10-19(17)29-21)23-20(25)13-24(30(4,26)27)15-7-5-14(22)6-8-15/h5-11,18H,12-13H2,1-4H3,(H,23,25)/t18-/m1/s1. The Morgan fingerprint density at radius 1 is 1.27 bits per heavy atom. The molecule has 0 unspecified atom stereocenters. The van der Waals surface area contributed by atoms with Crippen LogP contribution in [-0.4, -0.2) is 39.8 Å². The largest absolute Gasteiger partial charge is 0.497 e. The van der Waals surface area contributed by atoms with Gasteiger partial charge in [-0.05, 0) is 56.3 Å². The molecule has 1 aliphatic rings. The number of carbonyl (C=O) groups is 1. The summed E-state index contributed by atoms with van der Waals surface area (Å²) in [6, 6.07) is 9.91. The topological polar surface area (TPSA) is 84.9 Å². The van der Waals surface area contributed by atoms with Crippen molar-refractivity contribution < 1.29 is 27.1 Å². The second-order valence-electron chi connectivity index (χ2n) is 7.84. The third kappa shape index (κ3) is 5.02. The van der Waals surface area contributed by atoms with Gasteiger partial charge in [-0.2, -0.15) is 0 Å². The van der Waals surface area contributed by atoms with Gasteiger partial charge in [-0.3, -0.25) is 9.10 Å². The fourth-order valence-corrected chi connectivity index (χ4v) is 4.32. The summed E-state index contributed by atoms with van der Waals surface area (Å²) in [7, 11) is -2.20. The number of fused-ring (bicyclic) bond motifs is 1. The van der Waals surface area contributed by atoms with E-state index in [0.717, 1.165) is 28.3 Å². The van der Waals surface area contributed by atoms with Gasteiger partial charge in [0.25, 0.3) is 0 Å². The molecule has 0 fully saturated rings. The monoisotopic (exact) mass is 436 g/mol. The zero-order valence-corrected chi connectivity index (χ0v) is 18.1. The van der Waals surface area contributed by atoms with Gasteiger partial charge >= 0.3 is 0 Å². The van der Waals surface area contributed by atoms with Gasteiger partial charge in [0.05, 0.1) is 25.1 Å². The average Bonchev–Trinajstić information content (AvgIpc) is 2.65. The molecule has 3 rings (SSSR count). The Balaban J connectivity index is 1.84. The van der Waals surface area contributed by atoms with Gasteiger partial charge in [-0.25, -0.2) is 12.8 Å². The molecule has 1 amide bonds. The van der Waals surface area contributed by atoms with Crippen molar-refractivity contribution in [1.29, 1.82) is 0 Å². The highest BCUT2D eigenvalue weighted by Crippen LogP contribution is 2.41. The Hall–Kier alpha value is -2.81. The first-order valence-electron chi connectivity index (χ1n) is 9.38. The Kier molecular flexibility index (Phi) is 5.94. The van der Waals surface area contributed by atoms with Gasteiger partial charge < -0.3 is 14.8 Å². The molecular formula is C21H25FN2O5S. The predicted octanol–water partition coefficient (Wildman–Crippen LogP) is 3.02. The number of anilines is 1. The van der Waals surface area contributed by atoms with Crippen LogP contribution in [0.15, 0.2) is 42.5 Å². The van der Waals surface area contributed by atoms with Crippen LogP contribution in [0.1, 0.15) is 31.9 Å². The van der Waals surface area contributed by atoms with Crippen molar-refractivity contribution in [3.8, 4) is 11.5 Å². The van der Waals surface area contributed by atoms with Gasteiger partial charge in [0.1, 0.15) is 29.5 Å². The first kappa shape index (κ1) is 21.9. The van der Waals surface area contributed by atoms with E-state index in [-0.39, 0.29) is 11.7 Å². The second-order valence-corrected chi connectivity index (χ2v) is 9.74. The molecule has 1 heterocycles. The van der Waals surface area contributed by atoms with Crippen LogP contribution >= 0.6 is 0 Å². The summed E-state index contributed by atoms with van der Waals surface area (Å²) in [6.07, 6.45) is 1.50. The maximum Gasteiger partial charge on any atom is 0.241 e. The highest BCUT2D eigenvalue weighted by molar-refractivity contribution is 7.92. The summed E-state index contributed by atoms with van der Waals surface area (Å²) in [5, 5.41) is 2.91. The van der Waals surface area contributed by atoms with Gasteiger partial charge in [0, 0.05) is 12.0 Å². The number of hydrogen-bond acceptors (Lipinski definition) is 5. The van der Waals surface area contributed by atoms with E-state index in [1.807, 2.05) is 13.8 Å². The number of sulfonamides is 1. The molecule has 0 aliphatic carbocycles. The van der Waals surface area contributed by atoms with Crippen LogP contribution in [0.5, 0.6) is 11.5 Å². The molecule has 1 atom stereocenters. The van der Waals surface area contributed by atoms with Crippen LogP contribution in [-0.2, 0) is 14.8 Å². The molecule has 2 aromatic rings. The summed E-state index contributed by atoms with van der Waals surface area (Å²) in [5.41, 5.74) is 0.450. The molecule has 30 heavy (non-hydrogen) atoms. The maximum atomic E-state index is 13.2. The van der Waals surface area contributed by atoms with Crippen molar-refractivity contribution in [3.05, 3.63) is 53.8 Å². The van der Waals surface area contributed by atoms with E-state index in [4.69, 9.17) is 9.47 Å². The lowest BCUT2D eigenvalue weighted by Crippen LogP contribution is -2.45. The lowest BCUT2D eigenvalue weighted by Gasteiger charge is -2.38. The Bertz CT molecular complexity index is 1040. The highest BCUT2D eigenvalue weighted by atomic mass is 32.2. The van der Waals surface area contributed by atoms with E-state index < -0.39 is 33.9 Å². The van der Waals surface area contributed by atoms with Crippen molar-refractivity contribution in [2.24, 2.45) is 0 Å².